The summed E-state index contributed by atoms with van der Waals surface area (Å²) in [7, 11) is 0. The fourth-order valence-electron chi connectivity index (χ4n) is 3.07. The average molecular weight is 335 g/mol. The standard InChI is InChI=1S/C17H22FN3O3/c18-13-1-3-14(4-2-13)20-16(22)12-5-8-21(9-6-12)17(23)15-11-19-7-10-24-15/h1-4,12,15,19H,5-11H2,(H,20,22). The summed E-state index contributed by atoms with van der Waals surface area (Å²) in [5.74, 6) is -0.548. The van der Waals surface area contributed by atoms with Gasteiger partial charge in [0.1, 0.15) is 11.9 Å². The third-order valence-electron chi connectivity index (χ3n) is 4.49. The summed E-state index contributed by atoms with van der Waals surface area (Å²) in [4.78, 5) is 26.4. The molecule has 6 nitrogen and oxygen atoms in total. The number of likely N-dealkylation sites (tertiary alicyclic amines) is 1. The number of piperidine rings is 1. The first-order chi connectivity index (χ1) is 11.6. The van der Waals surface area contributed by atoms with Crippen molar-refractivity contribution in [3.05, 3.63) is 30.1 Å². The van der Waals surface area contributed by atoms with Crippen LogP contribution in [-0.4, -0.2) is 55.6 Å². The van der Waals surface area contributed by atoms with Crippen LogP contribution in [0.5, 0.6) is 0 Å². The predicted octanol–water partition coefficient (Wildman–Crippen LogP) is 0.991. The Morgan fingerprint density at radius 2 is 1.92 bits per heavy atom. The molecule has 0 radical (unpaired) electrons. The molecule has 2 saturated heterocycles. The molecule has 1 aromatic rings. The molecule has 1 aromatic carbocycles. The van der Waals surface area contributed by atoms with E-state index in [1.807, 2.05) is 0 Å². The van der Waals surface area contributed by atoms with E-state index < -0.39 is 6.10 Å². The first-order valence-electron chi connectivity index (χ1n) is 8.31. The molecule has 130 valence electrons. The molecule has 2 amide bonds. The van der Waals surface area contributed by atoms with Crippen LogP contribution in [0, 0.1) is 11.7 Å². The minimum absolute atomic E-state index is 0.000377. The van der Waals surface area contributed by atoms with Crippen LogP contribution in [0.15, 0.2) is 24.3 Å². The lowest BCUT2D eigenvalue weighted by Crippen LogP contribution is -2.51. The van der Waals surface area contributed by atoms with Gasteiger partial charge in [0.2, 0.25) is 5.91 Å². The van der Waals surface area contributed by atoms with E-state index in [9.17, 15) is 14.0 Å². The summed E-state index contributed by atoms with van der Waals surface area (Å²) in [6, 6.07) is 5.71. The molecule has 0 aliphatic carbocycles. The van der Waals surface area contributed by atoms with E-state index in [4.69, 9.17) is 4.74 Å². The van der Waals surface area contributed by atoms with Gasteiger partial charge in [-0.1, -0.05) is 0 Å². The first kappa shape index (κ1) is 16.9. The summed E-state index contributed by atoms with van der Waals surface area (Å²) in [6.07, 6.45) is 0.834. The second-order valence-corrected chi connectivity index (χ2v) is 6.16. The molecule has 0 aromatic heterocycles. The quantitative estimate of drug-likeness (QED) is 0.864. The number of amides is 2. The van der Waals surface area contributed by atoms with Crippen molar-refractivity contribution in [2.24, 2.45) is 5.92 Å². The molecule has 2 N–H and O–H groups in total. The summed E-state index contributed by atoms with van der Waals surface area (Å²) in [5, 5.41) is 5.95. The number of rotatable bonds is 3. The van der Waals surface area contributed by atoms with Crippen molar-refractivity contribution >= 4 is 17.5 Å². The zero-order chi connectivity index (χ0) is 16.9. The Morgan fingerprint density at radius 1 is 1.21 bits per heavy atom. The van der Waals surface area contributed by atoms with E-state index in [0.717, 1.165) is 6.54 Å². The number of carbonyl (C=O) groups is 2. The molecule has 2 aliphatic rings. The normalized spacial score (nSPS) is 22.2. The SMILES string of the molecule is O=C(Nc1ccc(F)cc1)C1CCN(C(=O)C2CNCCO2)CC1. The maximum absolute atomic E-state index is 12.9. The maximum Gasteiger partial charge on any atom is 0.253 e. The zero-order valence-electron chi connectivity index (χ0n) is 13.5. The number of nitrogens with one attached hydrogen (secondary N) is 2. The zero-order valence-corrected chi connectivity index (χ0v) is 13.5. The second-order valence-electron chi connectivity index (χ2n) is 6.16. The van der Waals surface area contributed by atoms with Gasteiger partial charge in [-0.05, 0) is 37.1 Å². The van der Waals surface area contributed by atoms with Crippen LogP contribution >= 0.6 is 0 Å². The van der Waals surface area contributed by atoms with Gasteiger partial charge in [-0.25, -0.2) is 4.39 Å². The van der Waals surface area contributed by atoms with E-state index >= 15 is 0 Å². The minimum Gasteiger partial charge on any atom is -0.366 e. The van der Waals surface area contributed by atoms with Crippen LogP contribution in [0.2, 0.25) is 0 Å². The largest absolute Gasteiger partial charge is 0.366 e. The van der Waals surface area contributed by atoms with Gasteiger partial charge in [-0.15, -0.1) is 0 Å². The van der Waals surface area contributed by atoms with Gasteiger partial charge in [0, 0.05) is 37.8 Å². The number of benzene rings is 1. The molecule has 2 aliphatic heterocycles. The highest BCUT2D eigenvalue weighted by molar-refractivity contribution is 5.92. The highest BCUT2D eigenvalue weighted by Crippen LogP contribution is 2.21. The Balaban J connectivity index is 1.48. The van der Waals surface area contributed by atoms with Crippen molar-refractivity contribution in [2.45, 2.75) is 18.9 Å². The molecule has 0 bridgehead atoms. The molecule has 0 saturated carbocycles. The van der Waals surface area contributed by atoms with Gasteiger partial charge >= 0.3 is 0 Å². The number of morpholine rings is 1. The second kappa shape index (κ2) is 7.72. The third-order valence-corrected chi connectivity index (χ3v) is 4.49. The fourth-order valence-corrected chi connectivity index (χ4v) is 3.07. The molecule has 7 heteroatoms. The van der Waals surface area contributed by atoms with Crippen molar-refractivity contribution < 1.29 is 18.7 Å². The van der Waals surface area contributed by atoms with Crippen molar-refractivity contribution in [3.63, 3.8) is 0 Å². The molecular formula is C17H22FN3O3. The van der Waals surface area contributed by atoms with Crippen LogP contribution in [0.25, 0.3) is 0 Å². The molecule has 3 rings (SSSR count). The van der Waals surface area contributed by atoms with Gasteiger partial charge < -0.3 is 20.3 Å². The van der Waals surface area contributed by atoms with Crippen molar-refractivity contribution in [1.82, 2.24) is 10.2 Å². The van der Waals surface area contributed by atoms with Gasteiger partial charge in [0.15, 0.2) is 0 Å². The van der Waals surface area contributed by atoms with E-state index in [0.29, 0.717) is 44.8 Å². The van der Waals surface area contributed by atoms with Crippen LogP contribution in [0.3, 0.4) is 0 Å². The van der Waals surface area contributed by atoms with E-state index in [-0.39, 0.29) is 23.5 Å². The Labute approximate surface area is 140 Å². The fraction of sp³-hybridized carbons (Fsp3) is 0.529. The molecule has 24 heavy (non-hydrogen) atoms. The van der Waals surface area contributed by atoms with Crippen LogP contribution in [0.4, 0.5) is 10.1 Å². The Bertz CT molecular complexity index is 579. The molecule has 0 spiro atoms. The van der Waals surface area contributed by atoms with E-state index in [1.165, 1.54) is 12.1 Å². The molecular weight excluding hydrogens is 313 g/mol. The van der Waals surface area contributed by atoms with Gasteiger partial charge in [-0.2, -0.15) is 0 Å². The number of hydrogen-bond acceptors (Lipinski definition) is 4. The summed E-state index contributed by atoms with van der Waals surface area (Å²) in [6.45, 7) is 2.98. The highest BCUT2D eigenvalue weighted by Gasteiger charge is 2.32. The van der Waals surface area contributed by atoms with Gasteiger partial charge in [0.25, 0.3) is 5.91 Å². The molecule has 1 atom stereocenters. The number of anilines is 1. The number of hydrogen-bond donors (Lipinski definition) is 2. The van der Waals surface area contributed by atoms with Gasteiger partial charge in [0.05, 0.1) is 6.61 Å². The number of halogens is 1. The van der Waals surface area contributed by atoms with Gasteiger partial charge in [-0.3, -0.25) is 9.59 Å². The lowest BCUT2D eigenvalue weighted by molar-refractivity contribution is -0.147. The Hall–Kier alpha value is -1.99. The van der Waals surface area contributed by atoms with Crippen LogP contribution in [0.1, 0.15) is 12.8 Å². The Morgan fingerprint density at radius 3 is 2.54 bits per heavy atom. The third kappa shape index (κ3) is 4.10. The smallest absolute Gasteiger partial charge is 0.253 e. The summed E-state index contributed by atoms with van der Waals surface area (Å²) < 4.78 is 18.4. The Kier molecular flexibility index (Phi) is 5.42. The monoisotopic (exact) mass is 335 g/mol. The topological polar surface area (TPSA) is 70.7 Å². The predicted molar refractivity (Wildman–Crippen MR) is 86.9 cm³/mol. The summed E-state index contributed by atoms with van der Waals surface area (Å²) in [5.41, 5.74) is 0.585. The van der Waals surface area contributed by atoms with E-state index in [1.54, 1.807) is 17.0 Å². The molecule has 2 heterocycles. The van der Waals surface area contributed by atoms with Crippen LogP contribution < -0.4 is 10.6 Å². The lowest BCUT2D eigenvalue weighted by atomic mass is 9.95. The maximum atomic E-state index is 12.9. The molecule has 2 fully saturated rings. The number of carbonyl (C=O) groups excluding carboxylic acids is 2. The first-order valence-corrected chi connectivity index (χ1v) is 8.31. The van der Waals surface area contributed by atoms with Crippen molar-refractivity contribution in [2.75, 3.05) is 38.1 Å². The minimum atomic E-state index is -0.414. The van der Waals surface area contributed by atoms with Crippen LogP contribution in [-0.2, 0) is 14.3 Å². The average Bonchev–Trinajstić information content (AvgIpc) is 2.64. The highest BCUT2D eigenvalue weighted by atomic mass is 19.1. The number of ether oxygens (including phenoxy) is 1. The van der Waals surface area contributed by atoms with E-state index in [2.05, 4.69) is 10.6 Å². The molecule has 1 unspecified atom stereocenters. The lowest BCUT2D eigenvalue weighted by Gasteiger charge is -2.34. The van der Waals surface area contributed by atoms with Crippen molar-refractivity contribution in [1.29, 1.82) is 0 Å². The summed E-state index contributed by atoms with van der Waals surface area (Å²) >= 11 is 0. The van der Waals surface area contributed by atoms with Crippen molar-refractivity contribution in [3.8, 4) is 0 Å². The number of nitrogens with zero attached hydrogens (tertiary/aromatic N) is 1.